The lowest BCUT2D eigenvalue weighted by Gasteiger charge is -2.32. The maximum absolute atomic E-state index is 9.69. The first-order chi connectivity index (χ1) is 12.2. The van der Waals surface area contributed by atoms with E-state index in [4.69, 9.17) is 4.74 Å². The number of ether oxygens (including phenoxy) is 1. The highest BCUT2D eigenvalue weighted by molar-refractivity contribution is 5.20. The zero-order valence-electron chi connectivity index (χ0n) is 15.3. The Bertz CT molecular complexity index is 403. The van der Waals surface area contributed by atoms with E-state index in [1.165, 1.54) is 12.8 Å². The van der Waals surface area contributed by atoms with E-state index in [9.17, 15) is 20.4 Å². The second kappa shape index (κ2) is 11.0. The number of allylic oxidation sites excluding steroid dienone is 2. The summed E-state index contributed by atoms with van der Waals surface area (Å²) in [5.74, 6) is 1.73. The van der Waals surface area contributed by atoms with Crippen molar-refractivity contribution in [1.29, 1.82) is 0 Å². The Hall–Kier alpha value is -0.880. The van der Waals surface area contributed by atoms with Crippen molar-refractivity contribution < 1.29 is 25.2 Å². The minimum atomic E-state index is -0.228. The molecule has 0 amide bonds. The Labute approximate surface area is 151 Å². The molecule has 0 spiro atoms. The van der Waals surface area contributed by atoms with Crippen LogP contribution < -0.4 is 0 Å². The zero-order valence-corrected chi connectivity index (χ0v) is 15.3. The van der Waals surface area contributed by atoms with E-state index in [0.717, 1.165) is 51.4 Å². The minimum Gasteiger partial charge on any atom is -0.465 e. The van der Waals surface area contributed by atoms with Crippen LogP contribution in [0.2, 0.25) is 0 Å². The fourth-order valence-corrected chi connectivity index (χ4v) is 4.15. The molecule has 0 heterocycles. The SMILES string of the molecule is OCC(CO)=C(OC(=C(CO)CO)C1CCCCC1)C1CCCCC1. The van der Waals surface area contributed by atoms with Gasteiger partial charge in [0.15, 0.2) is 0 Å². The summed E-state index contributed by atoms with van der Waals surface area (Å²) in [6, 6.07) is 0. The Morgan fingerprint density at radius 2 is 0.880 bits per heavy atom. The van der Waals surface area contributed by atoms with Gasteiger partial charge in [0.25, 0.3) is 0 Å². The molecule has 0 atom stereocenters. The lowest BCUT2D eigenvalue weighted by molar-refractivity contribution is 0.151. The van der Waals surface area contributed by atoms with Crippen molar-refractivity contribution >= 4 is 0 Å². The molecule has 0 bridgehead atoms. The molecule has 0 unspecified atom stereocenters. The van der Waals surface area contributed by atoms with Gasteiger partial charge in [0.05, 0.1) is 26.4 Å². The molecular weight excluding hydrogens is 320 g/mol. The van der Waals surface area contributed by atoms with Crippen LogP contribution in [0.5, 0.6) is 0 Å². The lowest BCUT2D eigenvalue weighted by atomic mass is 9.84. The molecule has 4 N–H and O–H groups in total. The fraction of sp³-hybridized carbons (Fsp3) is 0.800. The average Bonchev–Trinajstić information content (AvgIpc) is 2.69. The molecule has 25 heavy (non-hydrogen) atoms. The van der Waals surface area contributed by atoms with E-state index >= 15 is 0 Å². The molecule has 0 aromatic carbocycles. The molecular formula is C20H34O5. The van der Waals surface area contributed by atoms with E-state index in [2.05, 4.69) is 0 Å². The van der Waals surface area contributed by atoms with Gasteiger partial charge in [0, 0.05) is 23.0 Å². The quantitative estimate of drug-likeness (QED) is 0.503. The van der Waals surface area contributed by atoms with Crippen LogP contribution in [0.1, 0.15) is 64.2 Å². The van der Waals surface area contributed by atoms with Crippen LogP contribution in [0.15, 0.2) is 22.7 Å². The van der Waals surface area contributed by atoms with Gasteiger partial charge < -0.3 is 25.2 Å². The Kier molecular flexibility index (Phi) is 8.96. The van der Waals surface area contributed by atoms with Crippen molar-refractivity contribution in [2.45, 2.75) is 64.2 Å². The minimum absolute atomic E-state index is 0.195. The average molecular weight is 354 g/mol. The van der Waals surface area contributed by atoms with Crippen LogP contribution >= 0.6 is 0 Å². The molecule has 0 radical (unpaired) electrons. The molecule has 0 saturated heterocycles. The van der Waals surface area contributed by atoms with Gasteiger partial charge in [-0.15, -0.1) is 0 Å². The van der Waals surface area contributed by atoms with Crippen molar-refractivity contribution in [2.75, 3.05) is 26.4 Å². The van der Waals surface area contributed by atoms with E-state index < -0.39 is 0 Å². The van der Waals surface area contributed by atoms with Gasteiger partial charge in [-0.25, -0.2) is 0 Å². The predicted molar refractivity (Wildman–Crippen MR) is 96.6 cm³/mol. The Morgan fingerprint density at radius 3 is 1.16 bits per heavy atom. The number of aliphatic hydroxyl groups excluding tert-OH is 4. The molecule has 2 fully saturated rings. The highest BCUT2D eigenvalue weighted by atomic mass is 16.5. The largest absolute Gasteiger partial charge is 0.465 e. The van der Waals surface area contributed by atoms with E-state index in [1.807, 2.05) is 0 Å². The van der Waals surface area contributed by atoms with E-state index in [0.29, 0.717) is 22.7 Å². The number of aliphatic hydroxyl groups is 4. The third-order valence-corrected chi connectivity index (χ3v) is 5.63. The van der Waals surface area contributed by atoms with Crippen LogP contribution in [0.25, 0.3) is 0 Å². The van der Waals surface area contributed by atoms with Crippen LogP contribution in [-0.4, -0.2) is 46.9 Å². The highest BCUT2D eigenvalue weighted by Crippen LogP contribution is 2.38. The van der Waals surface area contributed by atoms with Gasteiger partial charge >= 0.3 is 0 Å². The van der Waals surface area contributed by atoms with Crippen molar-refractivity contribution in [3.63, 3.8) is 0 Å². The van der Waals surface area contributed by atoms with Gasteiger partial charge in [-0.2, -0.15) is 0 Å². The fourth-order valence-electron chi connectivity index (χ4n) is 4.15. The third kappa shape index (κ3) is 5.55. The molecule has 2 aliphatic carbocycles. The van der Waals surface area contributed by atoms with Crippen LogP contribution in [0.4, 0.5) is 0 Å². The molecule has 2 rings (SSSR count). The standard InChI is InChI=1S/C20H34O5/c21-11-17(12-22)19(15-7-3-1-4-8-15)25-20(18(13-23)14-24)16-9-5-2-6-10-16/h15-16,21-24H,1-14H2. The zero-order chi connectivity index (χ0) is 18.1. The molecule has 0 aromatic heterocycles. The summed E-state index contributed by atoms with van der Waals surface area (Å²) in [4.78, 5) is 0. The van der Waals surface area contributed by atoms with Gasteiger partial charge in [-0.1, -0.05) is 38.5 Å². The summed E-state index contributed by atoms with van der Waals surface area (Å²) >= 11 is 0. The molecule has 0 aromatic rings. The maximum atomic E-state index is 9.69. The van der Waals surface area contributed by atoms with Crippen LogP contribution in [-0.2, 0) is 4.74 Å². The van der Waals surface area contributed by atoms with Crippen molar-refractivity contribution in [1.82, 2.24) is 0 Å². The van der Waals surface area contributed by atoms with Gasteiger partial charge in [-0.05, 0) is 25.7 Å². The molecule has 0 aliphatic heterocycles. The van der Waals surface area contributed by atoms with Crippen molar-refractivity contribution in [3.8, 4) is 0 Å². The van der Waals surface area contributed by atoms with Gasteiger partial charge in [0.1, 0.15) is 11.5 Å². The molecule has 5 heteroatoms. The summed E-state index contributed by atoms with van der Waals surface area (Å²) in [5, 5.41) is 38.8. The van der Waals surface area contributed by atoms with Crippen molar-refractivity contribution in [2.24, 2.45) is 11.8 Å². The lowest BCUT2D eigenvalue weighted by Crippen LogP contribution is -2.22. The smallest absolute Gasteiger partial charge is 0.110 e. The molecule has 144 valence electrons. The molecule has 2 aliphatic rings. The van der Waals surface area contributed by atoms with Gasteiger partial charge in [-0.3, -0.25) is 0 Å². The number of hydrogen-bond acceptors (Lipinski definition) is 5. The number of rotatable bonds is 8. The summed E-state index contributed by atoms with van der Waals surface area (Å²) in [7, 11) is 0. The molecule has 2 saturated carbocycles. The van der Waals surface area contributed by atoms with Gasteiger partial charge in [0.2, 0.25) is 0 Å². The number of hydrogen-bond donors (Lipinski definition) is 4. The molecule has 5 nitrogen and oxygen atoms in total. The Balaban J connectivity index is 2.33. The third-order valence-electron chi connectivity index (χ3n) is 5.63. The summed E-state index contributed by atoms with van der Waals surface area (Å²) in [6.07, 6.45) is 10.9. The van der Waals surface area contributed by atoms with E-state index in [1.54, 1.807) is 0 Å². The van der Waals surface area contributed by atoms with Crippen molar-refractivity contribution in [3.05, 3.63) is 22.7 Å². The summed E-state index contributed by atoms with van der Waals surface area (Å²) in [5.41, 5.74) is 1.05. The highest BCUT2D eigenvalue weighted by Gasteiger charge is 2.28. The predicted octanol–water partition coefficient (Wildman–Crippen LogP) is 2.64. The summed E-state index contributed by atoms with van der Waals surface area (Å²) < 4.78 is 6.34. The second-order valence-corrected chi connectivity index (χ2v) is 7.34. The monoisotopic (exact) mass is 354 g/mol. The normalized spacial score (nSPS) is 19.5. The first-order valence-electron chi connectivity index (χ1n) is 9.80. The van der Waals surface area contributed by atoms with Crippen LogP contribution in [0.3, 0.4) is 0 Å². The maximum Gasteiger partial charge on any atom is 0.110 e. The summed E-state index contributed by atoms with van der Waals surface area (Å²) in [6.45, 7) is -0.913. The van der Waals surface area contributed by atoms with Crippen LogP contribution in [0, 0.1) is 11.8 Å². The second-order valence-electron chi connectivity index (χ2n) is 7.34. The first-order valence-corrected chi connectivity index (χ1v) is 9.80. The van der Waals surface area contributed by atoms with E-state index in [-0.39, 0.29) is 38.3 Å². The Morgan fingerprint density at radius 1 is 0.560 bits per heavy atom. The topological polar surface area (TPSA) is 90.2 Å². The first kappa shape index (κ1) is 20.4.